The molecular weight excluding hydrogens is 238 g/mol. The van der Waals surface area contributed by atoms with Crippen molar-refractivity contribution in [1.29, 1.82) is 0 Å². The third-order valence-corrected chi connectivity index (χ3v) is 3.10. The van der Waals surface area contributed by atoms with Gasteiger partial charge in [0.15, 0.2) is 0 Å². The molecule has 114 valence electrons. The van der Waals surface area contributed by atoms with Gasteiger partial charge >= 0.3 is 0 Å². The number of rotatable bonds is 10. The van der Waals surface area contributed by atoms with Crippen molar-refractivity contribution in [3.05, 3.63) is 0 Å². The lowest BCUT2D eigenvalue weighted by Gasteiger charge is -2.29. The Morgan fingerprint density at radius 1 is 1.26 bits per heavy atom. The van der Waals surface area contributed by atoms with Gasteiger partial charge < -0.3 is 15.5 Å². The summed E-state index contributed by atoms with van der Waals surface area (Å²) in [5.41, 5.74) is 0.167. The van der Waals surface area contributed by atoms with Gasteiger partial charge in [0, 0.05) is 19.6 Å². The summed E-state index contributed by atoms with van der Waals surface area (Å²) in [6, 6.07) is -0.122. The van der Waals surface area contributed by atoms with E-state index in [0.717, 1.165) is 26.1 Å². The van der Waals surface area contributed by atoms with Gasteiger partial charge in [-0.15, -0.1) is 0 Å². The first-order chi connectivity index (χ1) is 8.78. The van der Waals surface area contributed by atoms with E-state index in [-0.39, 0.29) is 17.4 Å². The normalized spacial score (nSPS) is 13.6. The SMILES string of the molecule is CCCCCNC(=O)C(C)NCC(C)(C)CN(C)C. The van der Waals surface area contributed by atoms with Gasteiger partial charge in [-0.2, -0.15) is 0 Å². The molecule has 2 N–H and O–H groups in total. The zero-order chi connectivity index (χ0) is 14.9. The summed E-state index contributed by atoms with van der Waals surface area (Å²) >= 11 is 0. The lowest BCUT2D eigenvalue weighted by Crippen LogP contribution is -2.47. The van der Waals surface area contributed by atoms with E-state index >= 15 is 0 Å². The molecule has 0 bridgehead atoms. The molecule has 4 nitrogen and oxygen atoms in total. The zero-order valence-electron chi connectivity index (χ0n) is 13.7. The van der Waals surface area contributed by atoms with Crippen LogP contribution in [0.4, 0.5) is 0 Å². The second kappa shape index (κ2) is 9.32. The molecule has 0 aromatic heterocycles. The Morgan fingerprint density at radius 2 is 1.89 bits per heavy atom. The summed E-state index contributed by atoms with van der Waals surface area (Å²) in [6.45, 7) is 11.2. The van der Waals surface area contributed by atoms with E-state index in [0.29, 0.717) is 0 Å². The van der Waals surface area contributed by atoms with E-state index < -0.39 is 0 Å². The Balaban J connectivity index is 3.89. The molecule has 0 aromatic carbocycles. The van der Waals surface area contributed by atoms with Gasteiger partial charge in [-0.05, 0) is 32.9 Å². The third kappa shape index (κ3) is 9.91. The average molecular weight is 271 g/mol. The van der Waals surface area contributed by atoms with Crippen LogP contribution in [0.3, 0.4) is 0 Å². The molecule has 0 aliphatic rings. The standard InChI is InChI=1S/C15H33N3O/c1-7-8-9-10-16-14(19)13(2)17-11-15(3,4)12-18(5)6/h13,17H,7-12H2,1-6H3,(H,16,19). The highest BCUT2D eigenvalue weighted by atomic mass is 16.2. The van der Waals surface area contributed by atoms with Gasteiger partial charge in [0.05, 0.1) is 6.04 Å². The van der Waals surface area contributed by atoms with Crippen molar-refractivity contribution < 1.29 is 4.79 Å². The highest BCUT2D eigenvalue weighted by Crippen LogP contribution is 2.14. The smallest absolute Gasteiger partial charge is 0.236 e. The van der Waals surface area contributed by atoms with Gasteiger partial charge in [0.2, 0.25) is 5.91 Å². The Hall–Kier alpha value is -0.610. The predicted molar refractivity (Wildman–Crippen MR) is 82.3 cm³/mol. The van der Waals surface area contributed by atoms with Crippen LogP contribution in [-0.2, 0) is 4.79 Å². The lowest BCUT2D eigenvalue weighted by molar-refractivity contribution is -0.122. The van der Waals surface area contributed by atoms with Gasteiger partial charge in [0.25, 0.3) is 0 Å². The molecule has 0 aliphatic carbocycles. The van der Waals surface area contributed by atoms with Gasteiger partial charge in [-0.3, -0.25) is 4.79 Å². The Morgan fingerprint density at radius 3 is 2.42 bits per heavy atom. The first kappa shape index (κ1) is 18.4. The molecule has 1 atom stereocenters. The number of unbranched alkanes of at least 4 members (excludes halogenated alkanes) is 2. The number of nitrogens with one attached hydrogen (secondary N) is 2. The van der Waals surface area contributed by atoms with E-state index in [1.54, 1.807) is 0 Å². The molecular formula is C15H33N3O. The van der Waals surface area contributed by atoms with Crippen LogP contribution in [0, 0.1) is 5.41 Å². The molecule has 0 fully saturated rings. The maximum absolute atomic E-state index is 11.9. The molecule has 1 amide bonds. The van der Waals surface area contributed by atoms with Crippen LogP contribution >= 0.6 is 0 Å². The van der Waals surface area contributed by atoms with Crippen molar-refractivity contribution in [3.63, 3.8) is 0 Å². The second-order valence-electron chi connectivity index (χ2n) is 6.50. The third-order valence-electron chi connectivity index (χ3n) is 3.10. The summed E-state index contributed by atoms with van der Waals surface area (Å²) in [7, 11) is 4.15. The fraction of sp³-hybridized carbons (Fsp3) is 0.933. The fourth-order valence-electron chi connectivity index (χ4n) is 2.17. The predicted octanol–water partition coefficient (Wildman–Crippen LogP) is 1.86. The summed E-state index contributed by atoms with van der Waals surface area (Å²) in [4.78, 5) is 14.0. The molecule has 0 rings (SSSR count). The van der Waals surface area contributed by atoms with Gasteiger partial charge in [-0.1, -0.05) is 33.6 Å². The van der Waals surface area contributed by atoms with Crippen LogP contribution in [0.25, 0.3) is 0 Å². The van der Waals surface area contributed by atoms with Crippen molar-refractivity contribution in [2.45, 2.75) is 53.0 Å². The van der Waals surface area contributed by atoms with E-state index in [4.69, 9.17) is 0 Å². The quantitative estimate of drug-likeness (QED) is 0.596. The van der Waals surface area contributed by atoms with Crippen LogP contribution in [0.2, 0.25) is 0 Å². The summed E-state index contributed by atoms with van der Waals surface area (Å²) in [6.07, 6.45) is 3.43. The van der Waals surface area contributed by atoms with Crippen molar-refractivity contribution in [2.75, 3.05) is 33.7 Å². The first-order valence-corrected chi connectivity index (χ1v) is 7.44. The van der Waals surface area contributed by atoms with E-state index in [1.807, 2.05) is 6.92 Å². The zero-order valence-corrected chi connectivity index (χ0v) is 13.7. The maximum Gasteiger partial charge on any atom is 0.236 e. The van der Waals surface area contributed by atoms with Crippen molar-refractivity contribution in [3.8, 4) is 0 Å². The van der Waals surface area contributed by atoms with E-state index in [2.05, 4.69) is 50.4 Å². The van der Waals surface area contributed by atoms with Crippen LogP contribution < -0.4 is 10.6 Å². The topological polar surface area (TPSA) is 44.4 Å². The second-order valence-corrected chi connectivity index (χ2v) is 6.50. The molecule has 0 aliphatic heterocycles. The number of hydrogen-bond acceptors (Lipinski definition) is 3. The molecule has 4 heteroatoms. The van der Waals surface area contributed by atoms with E-state index in [1.165, 1.54) is 12.8 Å². The number of hydrogen-bond donors (Lipinski definition) is 2. The summed E-state index contributed by atoms with van der Waals surface area (Å²) < 4.78 is 0. The monoisotopic (exact) mass is 271 g/mol. The Bertz CT molecular complexity index is 252. The van der Waals surface area contributed by atoms with Crippen LogP contribution in [0.15, 0.2) is 0 Å². The van der Waals surface area contributed by atoms with Gasteiger partial charge in [-0.25, -0.2) is 0 Å². The Labute approximate surface area is 119 Å². The minimum Gasteiger partial charge on any atom is -0.355 e. The highest BCUT2D eigenvalue weighted by molar-refractivity contribution is 5.81. The van der Waals surface area contributed by atoms with Crippen molar-refractivity contribution >= 4 is 5.91 Å². The van der Waals surface area contributed by atoms with Crippen LogP contribution in [0.5, 0.6) is 0 Å². The van der Waals surface area contributed by atoms with Crippen LogP contribution in [-0.4, -0.2) is 50.6 Å². The number of carbonyl (C=O) groups is 1. The largest absolute Gasteiger partial charge is 0.355 e. The fourth-order valence-corrected chi connectivity index (χ4v) is 2.17. The molecule has 0 spiro atoms. The van der Waals surface area contributed by atoms with Crippen molar-refractivity contribution in [1.82, 2.24) is 15.5 Å². The summed E-state index contributed by atoms with van der Waals surface area (Å²) in [5.74, 6) is 0.108. The molecule has 0 radical (unpaired) electrons. The van der Waals surface area contributed by atoms with Gasteiger partial charge in [0.1, 0.15) is 0 Å². The van der Waals surface area contributed by atoms with E-state index in [9.17, 15) is 4.79 Å². The van der Waals surface area contributed by atoms with Crippen LogP contribution in [0.1, 0.15) is 47.0 Å². The molecule has 0 saturated heterocycles. The number of amides is 1. The summed E-state index contributed by atoms with van der Waals surface area (Å²) in [5, 5.41) is 6.31. The first-order valence-electron chi connectivity index (χ1n) is 7.44. The molecule has 1 unspecified atom stereocenters. The number of carbonyl (C=O) groups excluding carboxylic acids is 1. The maximum atomic E-state index is 11.9. The molecule has 0 heterocycles. The van der Waals surface area contributed by atoms with Crippen molar-refractivity contribution in [2.24, 2.45) is 5.41 Å². The minimum atomic E-state index is -0.122. The minimum absolute atomic E-state index is 0.108. The Kier molecular flexibility index (Phi) is 9.02. The molecule has 19 heavy (non-hydrogen) atoms. The number of nitrogens with zero attached hydrogens (tertiary/aromatic N) is 1. The molecule has 0 aromatic rings. The average Bonchev–Trinajstić information content (AvgIpc) is 2.30. The lowest BCUT2D eigenvalue weighted by atomic mass is 9.92. The molecule has 0 saturated carbocycles. The highest BCUT2D eigenvalue weighted by Gasteiger charge is 2.21.